The Bertz CT molecular complexity index is 785. The minimum Gasteiger partial charge on any atom is -0.497 e. The lowest BCUT2D eigenvalue weighted by Crippen LogP contribution is -2.28. The summed E-state index contributed by atoms with van der Waals surface area (Å²) >= 11 is 0. The summed E-state index contributed by atoms with van der Waals surface area (Å²) in [7, 11) is 2.83. The van der Waals surface area contributed by atoms with Gasteiger partial charge in [0.25, 0.3) is 5.91 Å². The average molecular weight is 357 g/mol. The number of benzene rings is 2. The first-order chi connectivity index (χ1) is 12.5. The van der Waals surface area contributed by atoms with E-state index in [1.165, 1.54) is 31.4 Å². The summed E-state index contributed by atoms with van der Waals surface area (Å²) in [6.07, 6.45) is 0. The molecule has 1 N–H and O–H groups in total. The lowest BCUT2D eigenvalue weighted by atomic mass is 10.1. The molecule has 1 amide bonds. The number of esters is 2. The lowest BCUT2D eigenvalue weighted by molar-refractivity contribution is -0.124. The maximum absolute atomic E-state index is 12.0. The summed E-state index contributed by atoms with van der Waals surface area (Å²) in [6.45, 7) is -0.115. The number of carbonyl (C=O) groups is 3. The first-order valence-electron chi connectivity index (χ1n) is 7.78. The molecule has 2 rings (SSSR count). The van der Waals surface area contributed by atoms with Crippen LogP contribution in [0.4, 0.5) is 0 Å². The molecule has 0 spiro atoms. The van der Waals surface area contributed by atoms with E-state index in [9.17, 15) is 14.4 Å². The number of amides is 1. The van der Waals surface area contributed by atoms with E-state index in [1.807, 2.05) is 12.1 Å². The van der Waals surface area contributed by atoms with Crippen LogP contribution in [0, 0.1) is 0 Å². The predicted molar refractivity (Wildman–Crippen MR) is 92.9 cm³/mol. The maximum Gasteiger partial charge on any atom is 0.338 e. The zero-order chi connectivity index (χ0) is 18.9. The third kappa shape index (κ3) is 5.34. The molecule has 0 radical (unpaired) electrons. The van der Waals surface area contributed by atoms with Gasteiger partial charge in [0, 0.05) is 6.54 Å². The molecule has 0 atom stereocenters. The van der Waals surface area contributed by atoms with Crippen LogP contribution in [0.5, 0.6) is 5.75 Å². The highest BCUT2D eigenvalue weighted by Gasteiger charge is 2.13. The van der Waals surface area contributed by atoms with Gasteiger partial charge in [0.15, 0.2) is 6.61 Å². The molecular weight excluding hydrogens is 338 g/mol. The van der Waals surface area contributed by atoms with Gasteiger partial charge in [0.2, 0.25) is 0 Å². The van der Waals surface area contributed by atoms with Gasteiger partial charge in [-0.15, -0.1) is 0 Å². The van der Waals surface area contributed by atoms with Crippen molar-refractivity contribution in [3.05, 3.63) is 65.2 Å². The Balaban J connectivity index is 1.82. The fourth-order valence-electron chi connectivity index (χ4n) is 2.10. The molecular formula is C19H19NO6. The molecule has 0 heterocycles. The molecule has 0 unspecified atom stereocenters. The molecule has 0 saturated heterocycles. The monoisotopic (exact) mass is 357 g/mol. The number of nitrogens with one attached hydrogen (secondary N) is 1. The van der Waals surface area contributed by atoms with Gasteiger partial charge in [-0.2, -0.15) is 0 Å². The molecule has 7 nitrogen and oxygen atoms in total. The van der Waals surface area contributed by atoms with Crippen molar-refractivity contribution in [3.8, 4) is 5.75 Å². The Morgan fingerprint density at radius 3 is 2.19 bits per heavy atom. The van der Waals surface area contributed by atoms with Gasteiger partial charge in [0.1, 0.15) is 5.75 Å². The number of hydrogen-bond acceptors (Lipinski definition) is 6. The second-order valence-electron chi connectivity index (χ2n) is 5.27. The van der Waals surface area contributed by atoms with E-state index in [4.69, 9.17) is 9.47 Å². The Morgan fingerprint density at radius 1 is 0.923 bits per heavy atom. The van der Waals surface area contributed by atoms with Gasteiger partial charge in [-0.1, -0.05) is 18.2 Å². The van der Waals surface area contributed by atoms with E-state index < -0.39 is 24.5 Å². The fourth-order valence-corrected chi connectivity index (χ4v) is 2.10. The molecule has 0 fully saturated rings. The van der Waals surface area contributed by atoms with Gasteiger partial charge >= 0.3 is 11.9 Å². The second-order valence-corrected chi connectivity index (χ2v) is 5.27. The standard InChI is InChI=1S/C19H19NO6/c1-24-16-8-6-13(7-9-16)11-20-17(21)12-26-19(23)15-5-3-4-14(10-15)18(22)25-2/h3-10H,11-12H2,1-2H3,(H,20,21). The Labute approximate surface area is 150 Å². The van der Waals surface area contributed by atoms with Crippen molar-refractivity contribution in [1.29, 1.82) is 0 Å². The molecule has 0 aliphatic carbocycles. The third-order valence-electron chi connectivity index (χ3n) is 3.50. The van der Waals surface area contributed by atoms with Gasteiger partial charge in [-0.3, -0.25) is 4.79 Å². The van der Waals surface area contributed by atoms with Crippen molar-refractivity contribution < 1.29 is 28.6 Å². The number of carbonyl (C=O) groups excluding carboxylic acids is 3. The quantitative estimate of drug-likeness (QED) is 0.762. The Hall–Kier alpha value is -3.35. The van der Waals surface area contributed by atoms with Gasteiger partial charge < -0.3 is 19.5 Å². The molecule has 2 aromatic carbocycles. The van der Waals surface area contributed by atoms with Crippen LogP contribution in [0.2, 0.25) is 0 Å². The van der Waals surface area contributed by atoms with E-state index in [-0.39, 0.29) is 11.1 Å². The van der Waals surface area contributed by atoms with Gasteiger partial charge in [-0.25, -0.2) is 9.59 Å². The number of rotatable bonds is 7. The van der Waals surface area contributed by atoms with Crippen LogP contribution in [0.15, 0.2) is 48.5 Å². The highest BCUT2D eigenvalue weighted by molar-refractivity contribution is 5.96. The Kier molecular flexibility index (Phi) is 6.73. The van der Waals surface area contributed by atoms with E-state index in [0.29, 0.717) is 6.54 Å². The third-order valence-corrected chi connectivity index (χ3v) is 3.50. The molecule has 0 bridgehead atoms. The summed E-state index contributed by atoms with van der Waals surface area (Å²) in [5.41, 5.74) is 1.28. The molecule has 136 valence electrons. The predicted octanol–water partition coefficient (Wildman–Crippen LogP) is 1.95. The van der Waals surface area contributed by atoms with Crippen LogP contribution in [0.3, 0.4) is 0 Å². The molecule has 0 aromatic heterocycles. The molecule has 7 heteroatoms. The smallest absolute Gasteiger partial charge is 0.338 e. The highest BCUT2D eigenvalue weighted by atomic mass is 16.5. The number of ether oxygens (including phenoxy) is 3. The maximum atomic E-state index is 12.0. The minimum atomic E-state index is -0.699. The average Bonchev–Trinajstić information content (AvgIpc) is 2.70. The molecule has 0 aliphatic heterocycles. The van der Waals surface area contributed by atoms with Crippen molar-refractivity contribution in [2.24, 2.45) is 0 Å². The SMILES string of the molecule is COC(=O)c1cccc(C(=O)OCC(=O)NCc2ccc(OC)cc2)c1. The van der Waals surface area contributed by atoms with Gasteiger partial charge in [-0.05, 0) is 35.9 Å². The van der Waals surface area contributed by atoms with Crippen LogP contribution in [0.25, 0.3) is 0 Å². The number of methoxy groups -OCH3 is 2. The lowest BCUT2D eigenvalue weighted by Gasteiger charge is -2.08. The molecule has 2 aromatic rings. The first kappa shape index (κ1) is 19.0. The summed E-state index contributed by atoms with van der Waals surface area (Å²) in [5, 5.41) is 2.65. The first-order valence-corrected chi connectivity index (χ1v) is 7.78. The summed E-state index contributed by atoms with van der Waals surface area (Å²) in [6, 6.07) is 13.1. The van der Waals surface area contributed by atoms with Crippen molar-refractivity contribution >= 4 is 17.8 Å². The van der Waals surface area contributed by atoms with E-state index >= 15 is 0 Å². The minimum absolute atomic E-state index is 0.163. The topological polar surface area (TPSA) is 90.9 Å². The molecule has 0 saturated carbocycles. The van der Waals surface area contributed by atoms with E-state index in [0.717, 1.165) is 11.3 Å². The van der Waals surface area contributed by atoms with Crippen LogP contribution >= 0.6 is 0 Å². The summed E-state index contributed by atoms with van der Waals surface area (Å²) < 4.78 is 14.6. The van der Waals surface area contributed by atoms with E-state index in [1.54, 1.807) is 19.2 Å². The van der Waals surface area contributed by atoms with Crippen molar-refractivity contribution in [3.63, 3.8) is 0 Å². The number of hydrogen-bond donors (Lipinski definition) is 1. The van der Waals surface area contributed by atoms with Crippen LogP contribution in [-0.4, -0.2) is 38.7 Å². The zero-order valence-corrected chi connectivity index (χ0v) is 14.5. The highest BCUT2D eigenvalue weighted by Crippen LogP contribution is 2.11. The van der Waals surface area contributed by atoms with Crippen molar-refractivity contribution in [2.45, 2.75) is 6.54 Å². The fraction of sp³-hybridized carbons (Fsp3) is 0.211. The van der Waals surface area contributed by atoms with Crippen molar-refractivity contribution in [2.75, 3.05) is 20.8 Å². The van der Waals surface area contributed by atoms with Crippen molar-refractivity contribution in [1.82, 2.24) is 5.32 Å². The summed E-state index contributed by atoms with van der Waals surface area (Å²) in [5.74, 6) is -0.964. The van der Waals surface area contributed by atoms with Crippen LogP contribution in [0.1, 0.15) is 26.3 Å². The molecule has 0 aliphatic rings. The van der Waals surface area contributed by atoms with Crippen LogP contribution in [-0.2, 0) is 20.8 Å². The van der Waals surface area contributed by atoms with E-state index in [2.05, 4.69) is 10.1 Å². The summed E-state index contributed by atoms with van der Waals surface area (Å²) in [4.78, 5) is 35.3. The zero-order valence-electron chi connectivity index (χ0n) is 14.5. The normalized spacial score (nSPS) is 9.92. The Morgan fingerprint density at radius 2 is 1.58 bits per heavy atom. The molecule has 26 heavy (non-hydrogen) atoms. The largest absolute Gasteiger partial charge is 0.497 e. The van der Waals surface area contributed by atoms with Crippen LogP contribution < -0.4 is 10.1 Å². The second kappa shape index (κ2) is 9.22. The van der Waals surface area contributed by atoms with Gasteiger partial charge in [0.05, 0.1) is 25.3 Å².